The van der Waals surface area contributed by atoms with Gasteiger partial charge in [0.15, 0.2) is 6.61 Å². The van der Waals surface area contributed by atoms with Crippen molar-refractivity contribution in [3.63, 3.8) is 0 Å². The Bertz CT molecular complexity index is 1240. The van der Waals surface area contributed by atoms with Crippen LogP contribution in [0.3, 0.4) is 0 Å². The summed E-state index contributed by atoms with van der Waals surface area (Å²) < 4.78 is 6.81. The Labute approximate surface area is 211 Å². The number of anilines is 1. The molecule has 0 aliphatic heterocycles. The van der Waals surface area contributed by atoms with Gasteiger partial charge in [0.05, 0.1) is 20.1 Å². The standard InChI is InChI=1S/C23H18Br2N4O5/c1-14-4-2-3-5-20(14)27-21(30)13-34-22-18(24)10-15(11-19(22)25)12-26-28-23(31)16-6-8-17(9-7-16)29(32)33/h2-12H,13H2,1H3,(H,27,30)(H,28,31)/b26-12+. The van der Waals surface area contributed by atoms with E-state index in [-0.39, 0.29) is 23.8 Å². The van der Waals surface area contributed by atoms with Crippen LogP contribution in [0.4, 0.5) is 11.4 Å². The van der Waals surface area contributed by atoms with Crippen LogP contribution < -0.4 is 15.5 Å². The molecule has 0 radical (unpaired) electrons. The van der Waals surface area contributed by atoms with Crippen molar-refractivity contribution >= 4 is 61.3 Å². The predicted molar refractivity (Wildman–Crippen MR) is 135 cm³/mol. The summed E-state index contributed by atoms with van der Waals surface area (Å²) in [7, 11) is 0. The Hall–Kier alpha value is -3.57. The number of nitrogens with zero attached hydrogens (tertiary/aromatic N) is 2. The highest BCUT2D eigenvalue weighted by Gasteiger charge is 2.12. The Morgan fingerprint density at radius 1 is 1.09 bits per heavy atom. The minimum Gasteiger partial charge on any atom is -0.481 e. The van der Waals surface area contributed by atoms with E-state index >= 15 is 0 Å². The molecule has 0 spiro atoms. The lowest BCUT2D eigenvalue weighted by Gasteiger charge is -2.12. The maximum atomic E-state index is 12.2. The number of halogens is 2. The number of para-hydroxylation sites is 1. The fourth-order valence-electron chi connectivity index (χ4n) is 2.79. The average Bonchev–Trinajstić information content (AvgIpc) is 2.80. The quantitative estimate of drug-likeness (QED) is 0.212. The highest BCUT2D eigenvalue weighted by atomic mass is 79.9. The zero-order chi connectivity index (χ0) is 24.7. The molecule has 0 aliphatic rings. The van der Waals surface area contributed by atoms with Crippen LogP contribution >= 0.6 is 31.9 Å². The Morgan fingerprint density at radius 2 is 1.74 bits per heavy atom. The van der Waals surface area contributed by atoms with E-state index in [0.717, 1.165) is 11.3 Å². The maximum Gasteiger partial charge on any atom is 0.271 e. The van der Waals surface area contributed by atoms with Crippen molar-refractivity contribution in [1.29, 1.82) is 0 Å². The number of nitro benzene ring substituents is 1. The molecule has 0 saturated carbocycles. The summed E-state index contributed by atoms with van der Waals surface area (Å²) in [5.41, 5.74) is 4.79. The number of hydrogen-bond donors (Lipinski definition) is 2. The Morgan fingerprint density at radius 3 is 2.35 bits per heavy atom. The number of amides is 2. The van der Waals surface area contributed by atoms with Gasteiger partial charge in [0, 0.05) is 23.4 Å². The van der Waals surface area contributed by atoms with Crippen molar-refractivity contribution in [1.82, 2.24) is 5.43 Å². The normalized spacial score (nSPS) is 10.7. The van der Waals surface area contributed by atoms with Gasteiger partial charge in [-0.3, -0.25) is 19.7 Å². The number of nitro groups is 1. The number of carbonyl (C=O) groups is 2. The molecule has 0 aromatic heterocycles. The molecule has 0 bridgehead atoms. The number of aryl methyl sites for hydroxylation is 1. The molecule has 0 fully saturated rings. The first-order chi connectivity index (χ1) is 16.2. The summed E-state index contributed by atoms with van der Waals surface area (Å²) in [6, 6.07) is 16.0. The smallest absolute Gasteiger partial charge is 0.271 e. The zero-order valence-electron chi connectivity index (χ0n) is 17.7. The molecule has 34 heavy (non-hydrogen) atoms. The second-order valence-electron chi connectivity index (χ2n) is 6.97. The number of carbonyl (C=O) groups excluding carboxylic acids is 2. The van der Waals surface area contributed by atoms with Gasteiger partial charge < -0.3 is 10.1 Å². The summed E-state index contributed by atoms with van der Waals surface area (Å²) in [5.74, 6) is -0.372. The summed E-state index contributed by atoms with van der Waals surface area (Å²) in [6.45, 7) is 1.71. The number of nitrogens with one attached hydrogen (secondary N) is 2. The molecule has 0 unspecified atom stereocenters. The van der Waals surface area contributed by atoms with Crippen LogP contribution in [0.5, 0.6) is 5.75 Å². The van der Waals surface area contributed by atoms with Crippen LogP contribution in [-0.4, -0.2) is 29.6 Å². The SMILES string of the molecule is Cc1ccccc1NC(=O)COc1c(Br)cc(/C=N/NC(=O)c2ccc([N+](=O)[O-])cc2)cc1Br. The fourth-order valence-corrected chi connectivity index (χ4v) is 4.24. The van der Waals surface area contributed by atoms with E-state index in [1.807, 2.05) is 31.2 Å². The molecule has 2 N–H and O–H groups in total. The molecular formula is C23H18Br2N4O5. The first-order valence-electron chi connectivity index (χ1n) is 9.80. The van der Waals surface area contributed by atoms with Crippen LogP contribution in [0, 0.1) is 17.0 Å². The minimum atomic E-state index is -0.542. The van der Waals surface area contributed by atoms with Crippen molar-refractivity contribution in [3.05, 3.63) is 96.4 Å². The van der Waals surface area contributed by atoms with Crippen LogP contribution in [0.2, 0.25) is 0 Å². The van der Waals surface area contributed by atoms with Gasteiger partial charge in [-0.05, 0) is 80.2 Å². The van der Waals surface area contributed by atoms with Crippen LogP contribution in [0.15, 0.2) is 74.7 Å². The Kier molecular flexibility index (Phi) is 8.50. The number of hydrogen-bond acceptors (Lipinski definition) is 6. The number of benzene rings is 3. The Balaban J connectivity index is 1.58. The third-order valence-electron chi connectivity index (χ3n) is 4.51. The van der Waals surface area contributed by atoms with Gasteiger partial charge in [-0.2, -0.15) is 5.10 Å². The van der Waals surface area contributed by atoms with E-state index in [1.54, 1.807) is 12.1 Å². The highest BCUT2D eigenvalue weighted by Crippen LogP contribution is 2.34. The molecule has 3 aromatic carbocycles. The minimum absolute atomic E-state index is 0.107. The monoisotopic (exact) mass is 588 g/mol. The lowest BCUT2D eigenvalue weighted by Crippen LogP contribution is -2.21. The van der Waals surface area contributed by atoms with Gasteiger partial charge in [0.25, 0.3) is 17.5 Å². The summed E-state index contributed by atoms with van der Waals surface area (Å²) in [6.07, 6.45) is 1.42. The van der Waals surface area contributed by atoms with E-state index in [4.69, 9.17) is 4.74 Å². The van der Waals surface area contributed by atoms with E-state index in [2.05, 4.69) is 47.7 Å². The number of hydrazone groups is 1. The number of ether oxygens (including phenoxy) is 1. The molecule has 3 rings (SSSR count). The molecule has 0 aliphatic carbocycles. The van der Waals surface area contributed by atoms with Gasteiger partial charge in [-0.25, -0.2) is 5.43 Å². The molecular weight excluding hydrogens is 572 g/mol. The third-order valence-corrected chi connectivity index (χ3v) is 5.69. The van der Waals surface area contributed by atoms with Crippen LogP contribution in [0.25, 0.3) is 0 Å². The van der Waals surface area contributed by atoms with E-state index in [9.17, 15) is 19.7 Å². The van der Waals surface area contributed by atoms with E-state index in [0.29, 0.717) is 20.3 Å². The third kappa shape index (κ3) is 6.72. The van der Waals surface area contributed by atoms with Crippen molar-refractivity contribution in [2.24, 2.45) is 5.10 Å². The van der Waals surface area contributed by atoms with Crippen molar-refractivity contribution in [2.45, 2.75) is 6.92 Å². The van der Waals surface area contributed by atoms with Gasteiger partial charge in [0.2, 0.25) is 0 Å². The predicted octanol–water partition coefficient (Wildman–Crippen LogP) is 5.21. The van der Waals surface area contributed by atoms with Crippen molar-refractivity contribution < 1.29 is 19.2 Å². The summed E-state index contributed by atoms with van der Waals surface area (Å²) in [4.78, 5) is 34.5. The molecule has 0 atom stereocenters. The second-order valence-corrected chi connectivity index (χ2v) is 8.68. The lowest BCUT2D eigenvalue weighted by molar-refractivity contribution is -0.384. The summed E-state index contributed by atoms with van der Waals surface area (Å²) in [5, 5.41) is 17.4. The summed E-state index contributed by atoms with van der Waals surface area (Å²) >= 11 is 6.82. The highest BCUT2D eigenvalue weighted by molar-refractivity contribution is 9.11. The van der Waals surface area contributed by atoms with Crippen LogP contribution in [-0.2, 0) is 4.79 Å². The van der Waals surface area contributed by atoms with Gasteiger partial charge in [-0.1, -0.05) is 18.2 Å². The fraction of sp³-hybridized carbons (Fsp3) is 0.0870. The molecule has 9 nitrogen and oxygen atoms in total. The van der Waals surface area contributed by atoms with Crippen LogP contribution in [0.1, 0.15) is 21.5 Å². The largest absolute Gasteiger partial charge is 0.481 e. The molecule has 174 valence electrons. The average molecular weight is 590 g/mol. The lowest BCUT2D eigenvalue weighted by atomic mass is 10.2. The van der Waals surface area contributed by atoms with Gasteiger partial charge >= 0.3 is 0 Å². The molecule has 0 saturated heterocycles. The first kappa shape index (κ1) is 25.1. The zero-order valence-corrected chi connectivity index (χ0v) is 20.9. The molecule has 0 heterocycles. The van der Waals surface area contributed by atoms with E-state index in [1.165, 1.54) is 30.5 Å². The second kappa shape index (κ2) is 11.5. The topological polar surface area (TPSA) is 123 Å². The number of rotatable bonds is 8. The molecule has 2 amide bonds. The first-order valence-corrected chi connectivity index (χ1v) is 11.4. The molecule has 3 aromatic rings. The van der Waals surface area contributed by atoms with Gasteiger partial charge in [0.1, 0.15) is 5.75 Å². The van der Waals surface area contributed by atoms with E-state index < -0.39 is 10.8 Å². The van der Waals surface area contributed by atoms with Crippen molar-refractivity contribution in [2.75, 3.05) is 11.9 Å². The van der Waals surface area contributed by atoms with Crippen molar-refractivity contribution in [3.8, 4) is 5.75 Å². The van der Waals surface area contributed by atoms with Gasteiger partial charge in [-0.15, -0.1) is 0 Å². The number of non-ortho nitro benzene ring substituents is 1. The maximum absolute atomic E-state index is 12.2. The molecule has 11 heteroatoms.